The van der Waals surface area contributed by atoms with Crippen LogP contribution in [-0.4, -0.2) is 33.6 Å². The number of para-hydroxylation sites is 1. The van der Waals surface area contributed by atoms with Crippen LogP contribution in [0.3, 0.4) is 0 Å². The van der Waals surface area contributed by atoms with Crippen molar-refractivity contribution in [2.75, 3.05) is 6.61 Å². The number of benzene rings is 1. The summed E-state index contributed by atoms with van der Waals surface area (Å²) < 4.78 is 5.02. The number of fused-ring (bicyclic) bond motifs is 1. The molecule has 0 fully saturated rings. The lowest BCUT2D eigenvalue weighted by atomic mass is 9.96. The average molecular weight is 332 g/mol. The highest BCUT2D eigenvalue weighted by molar-refractivity contribution is 6.00. The van der Waals surface area contributed by atoms with Crippen molar-refractivity contribution in [2.45, 2.75) is 26.7 Å². The van der Waals surface area contributed by atoms with Gasteiger partial charge in [0.15, 0.2) is 0 Å². The molecule has 1 heterocycles. The molecule has 8 nitrogen and oxygen atoms in total. The molecule has 2 aromatic rings. The van der Waals surface area contributed by atoms with Crippen LogP contribution < -0.4 is 0 Å². The molecule has 0 aliphatic rings. The van der Waals surface area contributed by atoms with E-state index in [0.29, 0.717) is 10.9 Å². The smallest absolute Gasteiger partial charge is 0.340 e. The highest BCUT2D eigenvalue weighted by atomic mass is 16.6. The van der Waals surface area contributed by atoms with Gasteiger partial charge in [0.1, 0.15) is 5.52 Å². The first-order valence-corrected chi connectivity index (χ1v) is 7.32. The lowest BCUT2D eigenvalue weighted by molar-refractivity contribution is -0.383. The van der Waals surface area contributed by atoms with Crippen LogP contribution >= 0.6 is 0 Å². The summed E-state index contributed by atoms with van der Waals surface area (Å²) >= 11 is 0. The number of pyridine rings is 1. The van der Waals surface area contributed by atoms with Crippen molar-refractivity contribution in [3.63, 3.8) is 0 Å². The van der Waals surface area contributed by atoms with Crippen molar-refractivity contribution in [2.24, 2.45) is 0 Å². The van der Waals surface area contributed by atoms with Crippen molar-refractivity contribution < 1.29 is 24.4 Å². The third kappa shape index (κ3) is 3.32. The Labute approximate surface area is 137 Å². The molecule has 0 atom stereocenters. The van der Waals surface area contributed by atoms with Crippen LogP contribution in [0.5, 0.6) is 0 Å². The van der Waals surface area contributed by atoms with Crippen LogP contribution in [0.15, 0.2) is 18.2 Å². The summed E-state index contributed by atoms with van der Waals surface area (Å²) in [4.78, 5) is 38.0. The van der Waals surface area contributed by atoms with Gasteiger partial charge in [-0.25, -0.2) is 9.78 Å². The molecule has 1 aromatic heterocycles. The number of carbonyl (C=O) groups excluding carboxylic acids is 1. The van der Waals surface area contributed by atoms with Crippen molar-refractivity contribution in [1.82, 2.24) is 4.98 Å². The largest absolute Gasteiger partial charge is 0.481 e. The van der Waals surface area contributed by atoms with Crippen molar-refractivity contribution in [1.29, 1.82) is 0 Å². The summed E-state index contributed by atoms with van der Waals surface area (Å²) in [7, 11) is 0. The molecule has 1 N–H and O–H groups in total. The quantitative estimate of drug-likeness (QED) is 0.490. The SMILES string of the molecule is CCOC(=O)c1c(C)nc2c([N+](=O)[O-])cccc2c1CCC(=O)O. The molecule has 126 valence electrons. The third-order valence-corrected chi connectivity index (χ3v) is 3.55. The normalized spacial score (nSPS) is 10.6. The van der Waals surface area contributed by atoms with Gasteiger partial charge in [0.05, 0.1) is 22.8 Å². The molecule has 0 radical (unpaired) electrons. The second kappa shape index (κ2) is 7.03. The molecule has 0 saturated heterocycles. The summed E-state index contributed by atoms with van der Waals surface area (Å²) in [5.74, 6) is -1.64. The zero-order chi connectivity index (χ0) is 17.9. The Bertz CT molecular complexity index is 831. The van der Waals surface area contributed by atoms with Crippen LogP contribution in [-0.2, 0) is 16.0 Å². The molecule has 0 saturated carbocycles. The maximum atomic E-state index is 12.2. The fraction of sp³-hybridized carbons (Fsp3) is 0.312. The van der Waals surface area contributed by atoms with E-state index in [0.717, 1.165) is 0 Å². The Morgan fingerprint density at radius 1 is 1.38 bits per heavy atom. The maximum absolute atomic E-state index is 12.2. The molecule has 2 rings (SSSR count). The summed E-state index contributed by atoms with van der Waals surface area (Å²) in [6, 6.07) is 4.39. The van der Waals surface area contributed by atoms with Gasteiger partial charge in [-0.3, -0.25) is 14.9 Å². The number of nitro benzene ring substituents is 1. The summed E-state index contributed by atoms with van der Waals surface area (Å²) in [6.45, 7) is 3.36. The number of non-ortho nitro benzene ring substituents is 1. The highest BCUT2D eigenvalue weighted by Gasteiger charge is 2.24. The number of hydrogen-bond acceptors (Lipinski definition) is 6. The number of nitrogens with zero attached hydrogens (tertiary/aromatic N) is 2. The fourth-order valence-electron chi connectivity index (χ4n) is 2.58. The van der Waals surface area contributed by atoms with Crippen molar-refractivity contribution in [3.8, 4) is 0 Å². The minimum Gasteiger partial charge on any atom is -0.481 e. The molecule has 0 spiro atoms. The van der Waals surface area contributed by atoms with Gasteiger partial charge in [-0.2, -0.15) is 0 Å². The Morgan fingerprint density at radius 3 is 2.67 bits per heavy atom. The van der Waals surface area contributed by atoms with Crippen molar-refractivity contribution in [3.05, 3.63) is 45.1 Å². The number of aliphatic carboxylic acids is 1. The third-order valence-electron chi connectivity index (χ3n) is 3.55. The van der Waals surface area contributed by atoms with Crippen molar-refractivity contribution >= 4 is 28.5 Å². The summed E-state index contributed by atoms with van der Waals surface area (Å²) in [5, 5.41) is 20.5. The van der Waals surface area contributed by atoms with Gasteiger partial charge in [-0.15, -0.1) is 0 Å². The van der Waals surface area contributed by atoms with E-state index in [1.807, 2.05) is 0 Å². The number of carboxylic acid groups (broad SMARTS) is 1. The molecule has 24 heavy (non-hydrogen) atoms. The minimum atomic E-state index is -1.03. The lowest BCUT2D eigenvalue weighted by Crippen LogP contribution is -2.14. The van der Waals surface area contributed by atoms with Gasteiger partial charge < -0.3 is 9.84 Å². The number of nitro groups is 1. The Balaban J connectivity index is 2.78. The molecule has 0 aliphatic carbocycles. The molecular formula is C16H16N2O6. The molecule has 0 unspecified atom stereocenters. The Kier molecular flexibility index (Phi) is 5.08. The van der Waals surface area contributed by atoms with Gasteiger partial charge in [-0.05, 0) is 25.8 Å². The number of aryl methyl sites for hydroxylation is 2. The Hall–Kier alpha value is -3.03. The Morgan fingerprint density at radius 2 is 2.08 bits per heavy atom. The standard InChI is InChI=1S/C16H16N2O6/c1-3-24-16(21)14-9(2)17-15-11(10(14)7-8-13(19)20)5-4-6-12(15)18(22)23/h4-6H,3,7-8H2,1-2H3,(H,19,20). The van der Waals surface area contributed by atoms with E-state index in [9.17, 15) is 19.7 Å². The van der Waals surface area contributed by atoms with Crippen LogP contribution in [0.1, 0.15) is 35.0 Å². The van der Waals surface area contributed by atoms with Crippen LogP contribution in [0.25, 0.3) is 10.9 Å². The number of ether oxygens (including phenoxy) is 1. The van der Waals surface area contributed by atoms with Gasteiger partial charge in [0.2, 0.25) is 0 Å². The second-order valence-corrected chi connectivity index (χ2v) is 5.10. The predicted molar refractivity (Wildman–Crippen MR) is 85.0 cm³/mol. The number of rotatable bonds is 6. The topological polar surface area (TPSA) is 120 Å². The van der Waals surface area contributed by atoms with E-state index in [4.69, 9.17) is 9.84 Å². The van der Waals surface area contributed by atoms with Crippen LogP contribution in [0.4, 0.5) is 5.69 Å². The van der Waals surface area contributed by atoms with E-state index < -0.39 is 16.9 Å². The molecular weight excluding hydrogens is 316 g/mol. The minimum absolute atomic E-state index is 0.0461. The number of carboxylic acids is 1. The first-order chi connectivity index (χ1) is 11.4. The van der Waals surface area contributed by atoms with Gasteiger partial charge >= 0.3 is 11.9 Å². The van der Waals surface area contributed by atoms with E-state index >= 15 is 0 Å². The van der Waals surface area contributed by atoms with E-state index in [-0.39, 0.29) is 41.9 Å². The molecule has 0 amide bonds. The lowest BCUT2D eigenvalue weighted by Gasteiger charge is -2.14. The predicted octanol–water partition coefficient (Wildman–Crippen LogP) is 2.65. The van der Waals surface area contributed by atoms with E-state index in [1.54, 1.807) is 19.9 Å². The van der Waals surface area contributed by atoms with Crippen LogP contribution in [0.2, 0.25) is 0 Å². The number of esters is 1. The second-order valence-electron chi connectivity index (χ2n) is 5.10. The fourth-order valence-corrected chi connectivity index (χ4v) is 2.58. The molecule has 0 bridgehead atoms. The molecule has 0 aliphatic heterocycles. The summed E-state index contributed by atoms with van der Waals surface area (Å²) in [5.41, 5.74) is 0.791. The number of aromatic nitrogens is 1. The highest BCUT2D eigenvalue weighted by Crippen LogP contribution is 2.31. The summed E-state index contributed by atoms with van der Waals surface area (Å²) in [6.07, 6.45) is -0.168. The van der Waals surface area contributed by atoms with Gasteiger partial charge in [-0.1, -0.05) is 12.1 Å². The number of hydrogen-bond donors (Lipinski definition) is 1. The number of carbonyl (C=O) groups is 2. The van der Waals surface area contributed by atoms with Gasteiger partial charge in [0, 0.05) is 17.9 Å². The van der Waals surface area contributed by atoms with E-state index in [1.165, 1.54) is 12.1 Å². The van der Waals surface area contributed by atoms with Gasteiger partial charge in [0.25, 0.3) is 5.69 Å². The first kappa shape index (κ1) is 17.3. The first-order valence-electron chi connectivity index (χ1n) is 7.32. The molecule has 1 aromatic carbocycles. The average Bonchev–Trinajstić information content (AvgIpc) is 2.51. The maximum Gasteiger partial charge on any atom is 0.340 e. The van der Waals surface area contributed by atoms with Crippen LogP contribution in [0, 0.1) is 17.0 Å². The van der Waals surface area contributed by atoms with E-state index in [2.05, 4.69) is 4.98 Å². The zero-order valence-corrected chi connectivity index (χ0v) is 13.2. The molecule has 8 heteroatoms. The monoisotopic (exact) mass is 332 g/mol. The zero-order valence-electron chi connectivity index (χ0n) is 13.2.